The molecule has 1 aromatic heterocycles. The van der Waals surface area contributed by atoms with E-state index in [1.165, 1.54) is 27.8 Å². The Morgan fingerprint density at radius 3 is 2.39 bits per heavy atom. The van der Waals surface area contributed by atoms with Gasteiger partial charge in [0.25, 0.3) is 0 Å². The fourth-order valence-electron chi connectivity index (χ4n) is 2.30. The Kier molecular flexibility index (Phi) is 3.53. The minimum Gasteiger partial charge on any atom is -0.330 e. The first-order valence-corrected chi connectivity index (χ1v) is 6.36. The van der Waals surface area contributed by atoms with Crippen molar-refractivity contribution < 1.29 is 0 Å². The van der Waals surface area contributed by atoms with Crippen LogP contribution >= 0.6 is 0 Å². The summed E-state index contributed by atoms with van der Waals surface area (Å²) in [6, 6.07) is 4.45. The van der Waals surface area contributed by atoms with Gasteiger partial charge in [0.1, 0.15) is 0 Å². The van der Waals surface area contributed by atoms with Crippen LogP contribution in [0, 0.1) is 27.7 Å². The van der Waals surface area contributed by atoms with Crippen LogP contribution in [-0.4, -0.2) is 16.7 Å². The summed E-state index contributed by atoms with van der Waals surface area (Å²) in [6.45, 7) is 9.18. The molecule has 3 nitrogen and oxygen atoms in total. The van der Waals surface area contributed by atoms with Crippen molar-refractivity contribution in [2.24, 2.45) is 5.73 Å². The first-order valence-electron chi connectivity index (χ1n) is 6.36. The largest absolute Gasteiger partial charge is 0.330 e. The molecule has 2 rings (SSSR count). The van der Waals surface area contributed by atoms with Gasteiger partial charge < -0.3 is 5.73 Å². The van der Waals surface area contributed by atoms with Gasteiger partial charge in [-0.2, -0.15) is 5.10 Å². The maximum absolute atomic E-state index is 5.60. The maximum Gasteiger partial charge on any atom is 0.0955 e. The Hall–Kier alpha value is -1.61. The lowest BCUT2D eigenvalue weighted by Gasteiger charge is -2.08. The van der Waals surface area contributed by atoms with Gasteiger partial charge in [0.15, 0.2) is 0 Å². The number of nitrogens with zero attached hydrogens (tertiary/aromatic N) is 1. The third kappa shape index (κ3) is 2.18. The fourth-order valence-corrected chi connectivity index (χ4v) is 2.30. The molecule has 0 bridgehead atoms. The molecule has 0 aliphatic rings. The van der Waals surface area contributed by atoms with Crippen molar-refractivity contribution >= 4 is 0 Å². The number of rotatable bonds is 3. The normalized spacial score (nSPS) is 10.9. The van der Waals surface area contributed by atoms with Gasteiger partial charge in [0.2, 0.25) is 0 Å². The molecule has 0 aliphatic carbocycles. The number of hydrogen-bond acceptors (Lipinski definition) is 2. The SMILES string of the molecule is Cc1cc(C)c(-c2n[nH]c(CCN)c2C)cc1C. The van der Waals surface area contributed by atoms with E-state index in [2.05, 4.69) is 50.0 Å². The van der Waals surface area contributed by atoms with Crippen LogP contribution in [0.5, 0.6) is 0 Å². The Balaban J connectivity index is 2.52. The monoisotopic (exact) mass is 243 g/mol. The number of aromatic nitrogens is 2. The van der Waals surface area contributed by atoms with Gasteiger partial charge >= 0.3 is 0 Å². The van der Waals surface area contributed by atoms with Crippen molar-refractivity contribution in [3.8, 4) is 11.3 Å². The average molecular weight is 243 g/mol. The predicted molar refractivity (Wildman–Crippen MR) is 75.7 cm³/mol. The summed E-state index contributed by atoms with van der Waals surface area (Å²) in [5, 5.41) is 7.56. The minimum atomic E-state index is 0.647. The zero-order valence-electron chi connectivity index (χ0n) is 11.6. The number of aromatic amines is 1. The molecule has 96 valence electrons. The highest BCUT2D eigenvalue weighted by atomic mass is 15.1. The van der Waals surface area contributed by atoms with Crippen LogP contribution in [0.3, 0.4) is 0 Å². The van der Waals surface area contributed by atoms with Crippen LogP contribution in [0.2, 0.25) is 0 Å². The molecule has 0 saturated heterocycles. The van der Waals surface area contributed by atoms with Crippen LogP contribution in [0.25, 0.3) is 11.3 Å². The summed E-state index contributed by atoms with van der Waals surface area (Å²) < 4.78 is 0. The molecule has 0 saturated carbocycles. The van der Waals surface area contributed by atoms with Crippen LogP contribution in [0.4, 0.5) is 0 Å². The van der Waals surface area contributed by atoms with Gasteiger partial charge in [-0.15, -0.1) is 0 Å². The molecule has 1 aromatic carbocycles. The molecule has 0 amide bonds. The van der Waals surface area contributed by atoms with E-state index >= 15 is 0 Å². The smallest absolute Gasteiger partial charge is 0.0955 e. The van der Waals surface area contributed by atoms with Gasteiger partial charge in [-0.05, 0) is 62.6 Å². The van der Waals surface area contributed by atoms with E-state index in [0.29, 0.717) is 6.54 Å². The lowest BCUT2D eigenvalue weighted by Crippen LogP contribution is -2.04. The summed E-state index contributed by atoms with van der Waals surface area (Å²) in [5.74, 6) is 0. The molecule has 0 unspecified atom stereocenters. The summed E-state index contributed by atoms with van der Waals surface area (Å²) in [7, 11) is 0. The molecular formula is C15H21N3. The van der Waals surface area contributed by atoms with Gasteiger partial charge in [0.05, 0.1) is 5.69 Å². The summed E-state index contributed by atoms with van der Waals surface area (Å²) in [5.41, 5.74) is 14.1. The van der Waals surface area contributed by atoms with E-state index < -0.39 is 0 Å². The van der Waals surface area contributed by atoms with Crippen LogP contribution < -0.4 is 5.73 Å². The Labute approximate surface area is 108 Å². The molecule has 1 heterocycles. The molecule has 0 aliphatic heterocycles. The first-order chi connectivity index (χ1) is 8.54. The molecule has 3 heteroatoms. The first kappa shape index (κ1) is 12.8. The topological polar surface area (TPSA) is 54.7 Å². The third-order valence-corrected chi connectivity index (χ3v) is 3.60. The lowest BCUT2D eigenvalue weighted by molar-refractivity contribution is 0.896. The van der Waals surface area contributed by atoms with Crippen molar-refractivity contribution in [2.75, 3.05) is 6.54 Å². The zero-order chi connectivity index (χ0) is 13.3. The number of aryl methyl sites for hydroxylation is 3. The number of benzene rings is 1. The van der Waals surface area contributed by atoms with Gasteiger partial charge in [-0.25, -0.2) is 0 Å². The van der Waals surface area contributed by atoms with Gasteiger partial charge in [0, 0.05) is 17.7 Å². The molecule has 18 heavy (non-hydrogen) atoms. The second kappa shape index (κ2) is 4.94. The summed E-state index contributed by atoms with van der Waals surface area (Å²) in [6.07, 6.45) is 0.850. The second-order valence-corrected chi connectivity index (χ2v) is 4.97. The van der Waals surface area contributed by atoms with Gasteiger partial charge in [-0.3, -0.25) is 5.10 Å². The molecular weight excluding hydrogens is 222 g/mol. The van der Waals surface area contributed by atoms with Crippen molar-refractivity contribution in [1.82, 2.24) is 10.2 Å². The Morgan fingerprint density at radius 2 is 1.72 bits per heavy atom. The third-order valence-electron chi connectivity index (χ3n) is 3.60. The van der Waals surface area contributed by atoms with E-state index in [1.54, 1.807) is 0 Å². The van der Waals surface area contributed by atoms with Crippen LogP contribution in [0.15, 0.2) is 12.1 Å². The number of H-pyrrole nitrogens is 1. The van der Waals surface area contributed by atoms with E-state index in [0.717, 1.165) is 17.8 Å². The highest BCUT2D eigenvalue weighted by molar-refractivity contribution is 5.68. The average Bonchev–Trinajstić information content (AvgIpc) is 2.67. The summed E-state index contributed by atoms with van der Waals surface area (Å²) >= 11 is 0. The van der Waals surface area contributed by atoms with E-state index in [1.807, 2.05) is 0 Å². The van der Waals surface area contributed by atoms with Crippen molar-refractivity contribution in [2.45, 2.75) is 34.1 Å². The standard InChI is InChI=1S/C15H21N3/c1-9-7-11(3)13(8-10(9)2)15-12(4)14(5-6-16)17-18-15/h7-8H,5-6,16H2,1-4H3,(H,17,18). The number of nitrogens with two attached hydrogens (primary N) is 1. The maximum atomic E-state index is 5.60. The van der Waals surface area contributed by atoms with Gasteiger partial charge in [-0.1, -0.05) is 6.07 Å². The lowest BCUT2D eigenvalue weighted by atomic mass is 9.96. The molecule has 0 fully saturated rings. The summed E-state index contributed by atoms with van der Waals surface area (Å²) in [4.78, 5) is 0. The number of nitrogens with one attached hydrogen (secondary N) is 1. The van der Waals surface area contributed by atoms with E-state index in [9.17, 15) is 0 Å². The highest BCUT2D eigenvalue weighted by Gasteiger charge is 2.13. The van der Waals surface area contributed by atoms with Crippen LogP contribution in [0.1, 0.15) is 27.9 Å². The Morgan fingerprint density at radius 1 is 1.06 bits per heavy atom. The van der Waals surface area contributed by atoms with Crippen molar-refractivity contribution in [1.29, 1.82) is 0 Å². The van der Waals surface area contributed by atoms with Crippen molar-refractivity contribution in [3.05, 3.63) is 40.1 Å². The van der Waals surface area contributed by atoms with Crippen molar-refractivity contribution in [3.63, 3.8) is 0 Å². The molecule has 0 spiro atoms. The number of hydrogen-bond donors (Lipinski definition) is 2. The molecule has 0 atom stereocenters. The predicted octanol–water partition coefficient (Wildman–Crippen LogP) is 2.81. The van der Waals surface area contributed by atoms with E-state index in [-0.39, 0.29) is 0 Å². The Bertz CT molecular complexity index is 567. The van der Waals surface area contributed by atoms with Crippen LogP contribution in [-0.2, 0) is 6.42 Å². The fraction of sp³-hybridized carbons (Fsp3) is 0.400. The second-order valence-electron chi connectivity index (χ2n) is 4.97. The highest BCUT2D eigenvalue weighted by Crippen LogP contribution is 2.28. The molecule has 2 aromatic rings. The quantitative estimate of drug-likeness (QED) is 0.871. The minimum absolute atomic E-state index is 0.647. The zero-order valence-corrected chi connectivity index (χ0v) is 11.6. The van der Waals surface area contributed by atoms with E-state index in [4.69, 9.17) is 5.73 Å². The molecule has 3 N–H and O–H groups in total. The molecule has 0 radical (unpaired) electrons.